The number of benzene rings is 1. The maximum absolute atomic E-state index is 13.5. The normalized spacial score (nSPS) is 29.6. The molecule has 2 saturated heterocycles. The highest BCUT2D eigenvalue weighted by Gasteiger charge is 2.68. The fraction of sp³-hybridized carbons (Fsp3) is 0.375. The fourth-order valence-corrected chi connectivity index (χ4v) is 6.56. The summed E-state index contributed by atoms with van der Waals surface area (Å²) in [6, 6.07) is 3.38. The second kappa shape index (κ2) is 5.21. The molecule has 1 aliphatic carbocycles. The number of nitrogens with zero attached hydrogens (tertiary/aromatic N) is 3. The summed E-state index contributed by atoms with van der Waals surface area (Å²) in [5.41, 5.74) is -0.214. The van der Waals surface area contributed by atoms with Crippen LogP contribution in [0.2, 0.25) is 0 Å². The van der Waals surface area contributed by atoms with Crippen LogP contribution in [-0.2, 0) is 26.0 Å². The number of nitro groups is 1. The van der Waals surface area contributed by atoms with Gasteiger partial charge in [-0.15, -0.1) is 0 Å². The molecule has 1 spiro atoms. The van der Waals surface area contributed by atoms with E-state index in [4.69, 9.17) is 4.74 Å². The molecule has 0 saturated carbocycles. The molecule has 0 amide bonds. The quantitative estimate of drug-likeness (QED) is 0.598. The van der Waals surface area contributed by atoms with Gasteiger partial charge in [0.05, 0.1) is 35.8 Å². The molecule has 10 nitrogen and oxygen atoms in total. The van der Waals surface area contributed by atoms with Crippen LogP contribution in [0, 0.1) is 15.5 Å². The number of nitro benzene ring substituents is 1. The predicted octanol–water partition coefficient (Wildman–Crippen LogP) is 0.574. The molecule has 3 atom stereocenters. The number of fused-ring (bicyclic) bond motifs is 3. The third-order valence-electron chi connectivity index (χ3n) is 5.67. The van der Waals surface area contributed by atoms with Crippen molar-refractivity contribution in [2.24, 2.45) is 5.41 Å². The highest BCUT2D eigenvalue weighted by atomic mass is 32.2. The van der Waals surface area contributed by atoms with Gasteiger partial charge in [-0.1, -0.05) is 12.1 Å². The van der Waals surface area contributed by atoms with Gasteiger partial charge in [0.25, 0.3) is 15.7 Å². The van der Waals surface area contributed by atoms with Crippen molar-refractivity contribution < 1.29 is 22.9 Å². The van der Waals surface area contributed by atoms with Gasteiger partial charge in [-0.2, -0.15) is 9.40 Å². The van der Waals surface area contributed by atoms with Crippen LogP contribution in [0.25, 0.3) is 0 Å². The summed E-state index contributed by atoms with van der Waals surface area (Å²) in [6.45, 7) is 0.0442. The van der Waals surface area contributed by atoms with Crippen molar-refractivity contribution >= 4 is 21.5 Å². The summed E-state index contributed by atoms with van der Waals surface area (Å²) < 4.78 is 33.7. The Labute approximate surface area is 153 Å². The molecule has 5 rings (SSSR count). The number of carbonyl (C=O) groups excluding carboxylic acids is 1. The number of Topliss-reactive ketones (excluding diaryl/α,β-unsaturated/α-hetero) is 1. The van der Waals surface area contributed by atoms with Crippen molar-refractivity contribution in [2.75, 3.05) is 13.2 Å². The lowest BCUT2D eigenvalue weighted by molar-refractivity contribution is -0.387. The van der Waals surface area contributed by atoms with Crippen LogP contribution in [0.5, 0.6) is 0 Å². The molecule has 3 unspecified atom stereocenters. The molecule has 27 heavy (non-hydrogen) atoms. The van der Waals surface area contributed by atoms with Gasteiger partial charge in [0, 0.05) is 23.7 Å². The Morgan fingerprint density at radius 2 is 2.15 bits per heavy atom. The first-order chi connectivity index (χ1) is 12.9. The Hall–Kier alpha value is -2.63. The minimum absolute atomic E-state index is 0.0653. The zero-order chi connectivity index (χ0) is 19.0. The molecule has 2 fully saturated rings. The first-order valence-corrected chi connectivity index (χ1v) is 9.73. The van der Waals surface area contributed by atoms with E-state index in [1.807, 2.05) is 0 Å². The van der Waals surface area contributed by atoms with Crippen LogP contribution in [0.4, 0.5) is 5.69 Å². The summed E-state index contributed by atoms with van der Waals surface area (Å²) in [5, 5.41) is 18.2. The van der Waals surface area contributed by atoms with E-state index < -0.39 is 43.0 Å². The highest BCUT2D eigenvalue weighted by molar-refractivity contribution is 7.89. The van der Waals surface area contributed by atoms with Crippen molar-refractivity contribution in [3.8, 4) is 0 Å². The molecule has 2 aromatic rings. The second-order valence-electron chi connectivity index (χ2n) is 6.99. The minimum atomic E-state index is -4.33. The predicted molar refractivity (Wildman–Crippen MR) is 89.2 cm³/mol. The van der Waals surface area contributed by atoms with Gasteiger partial charge in [0.2, 0.25) is 0 Å². The summed E-state index contributed by atoms with van der Waals surface area (Å²) >= 11 is 0. The van der Waals surface area contributed by atoms with Crippen LogP contribution in [0.15, 0.2) is 35.4 Å². The van der Waals surface area contributed by atoms with E-state index in [0.29, 0.717) is 17.7 Å². The number of aromatic nitrogens is 2. The smallest absolute Gasteiger partial charge is 0.289 e. The van der Waals surface area contributed by atoms with Crippen LogP contribution in [-0.4, -0.2) is 52.9 Å². The zero-order valence-electron chi connectivity index (χ0n) is 13.9. The third kappa shape index (κ3) is 1.93. The van der Waals surface area contributed by atoms with E-state index in [1.165, 1.54) is 24.4 Å². The molecule has 1 aromatic heterocycles. The minimum Gasteiger partial charge on any atom is -0.378 e. The molecule has 11 heteroatoms. The van der Waals surface area contributed by atoms with Crippen LogP contribution < -0.4 is 0 Å². The van der Waals surface area contributed by atoms with E-state index in [0.717, 1.165) is 10.4 Å². The van der Waals surface area contributed by atoms with E-state index >= 15 is 0 Å². The number of ether oxygens (including phenoxy) is 1. The first-order valence-electron chi connectivity index (χ1n) is 8.29. The number of aromatic amines is 1. The maximum atomic E-state index is 13.5. The Balaban J connectivity index is 1.73. The van der Waals surface area contributed by atoms with Gasteiger partial charge in [-0.3, -0.25) is 20.0 Å². The molecule has 140 valence electrons. The number of rotatable bonds is 3. The van der Waals surface area contributed by atoms with Gasteiger partial charge in [0.1, 0.15) is 6.04 Å². The lowest BCUT2D eigenvalue weighted by Crippen LogP contribution is -2.46. The Morgan fingerprint density at radius 1 is 1.37 bits per heavy atom. The van der Waals surface area contributed by atoms with Crippen LogP contribution in [0.1, 0.15) is 17.3 Å². The number of H-pyrrole nitrogens is 1. The van der Waals surface area contributed by atoms with Crippen molar-refractivity contribution in [3.63, 3.8) is 0 Å². The van der Waals surface area contributed by atoms with Crippen molar-refractivity contribution in [1.29, 1.82) is 0 Å². The standard InChI is InChI=1S/C16H14N4O6S/c21-15-12-7-26-8-16(15)5-10-9(6-17-18-10)14(16)19(12)27(24,25)13-4-2-1-3-11(13)20(22)23/h1-4,6,12,14H,5,7-8H2,(H,17,18). The van der Waals surface area contributed by atoms with Gasteiger partial charge in [-0.25, -0.2) is 8.42 Å². The molecule has 2 bridgehead atoms. The van der Waals surface area contributed by atoms with Crippen LogP contribution >= 0.6 is 0 Å². The molecule has 3 aliphatic rings. The number of hydrogen-bond acceptors (Lipinski definition) is 7. The molecule has 0 radical (unpaired) electrons. The average molecular weight is 390 g/mol. The number of ketones is 1. The number of hydrogen-bond donors (Lipinski definition) is 1. The SMILES string of the molecule is O=C1C2COCC13Cc1[nH]ncc1C3N2S(=O)(=O)c1ccccc1[N+](=O)[O-]. The summed E-state index contributed by atoms with van der Waals surface area (Å²) in [4.78, 5) is 23.3. The largest absolute Gasteiger partial charge is 0.378 e. The molecule has 3 heterocycles. The lowest BCUT2D eigenvalue weighted by atomic mass is 9.78. The molecule has 2 aliphatic heterocycles. The van der Waals surface area contributed by atoms with Gasteiger partial charge in [0.15, 0.2) is 10.7 Å². The van der Waals surface area contributed by atoms with Gasteiger partial charge < -0.3 is 4.74 Å². The van der Waals surface area contributed by atoms with E-state index in [1.54, 1.807) is 0 Å². The lowest BCUT2D eigenvalue weighted by Gasteiger charge is -2.29. The first kappa shape index (κ1) is 16.5. The number of sulfonamides is 1. The fourth-order valence-electron chi connectivity index (χ4n) is 4.59. The van der Waals surface area contributed by atoms with Gasteiger partial charge in [-0.05, 0) is 6.07 Å². The topological polar surface area (TPSA) is 136 Å². The van der Waals surface area contributed by atoms with E-state index in [2.05, 4.69) is 10.2 Å². The van der Waals surface area contributed by atoms with Crippen LogP contribution in [0.3, 0.4) is 0 Å². The third-order valence-corrected chi connectivity index (χ3v) is 7.59. The van der Waals surface area contributed by atoms with Gasteiger partial charge >= 0.3 is 0 Å². The van der Waals surface area contributed by atoms with Crippen molar-refractivity contribution in [3.05, 3.63) is 51.8 Å². The zero-order valence-corrected chi connectivity index (χ0v) is 14.7. The summed E-state index contributed by atoms with van der Waals surface area (Å²) in [5.74, 6) is -0.203. The molecule has 1 N–H and O–H groups in total. The number of nitrogens with one attached hydrogen (secondary N) is 1. The average Bonchev–Trinajstić information content (AvgIpc) is 3.21. The molecular formula is C16H14N4O6S. The monoisotopic (exact) mass is 390 g/mol. The number of carbonyl (C=O) groups is 1. The Morgan fingerprint density at radius 3 is 2.93 bits per heavy atom. The Bertz CT molecular complexity index is 1100. The van der Waals surface area contributed by atoms with Crippen molar-refractivity contribution in [2.45, 2.75) is 23.4 Å². The molecular weight excluding hydrogens is 376 g/mol. The maximum Gasteiger partial charge on any atom is 0.289 e. The number of para-hydroxylation sites is 1. The van der Waals surface area contributed by atoms with Crippen molar-refractivity contribution in [1.82, 2.24) is 14.5 Å². The molecule has 1 aromatic carbocycles. The summed E-state index contributed by atoms with van der Waals surface area (Å²) in [6.07, 6.45) is 1.83. The second-order valence-corrected chi connectivity index (χ2v) is 8.81. The Kier molecular flexibility index (Phi) is 3.19. The summed E-state index contributed by atoms with van der Waals surface area (Å²) in [7, 11) is -4.33. The van der Waals surface area contributed by atoms with E-state index in [9.17, 15) is 23.3 Å². The van der Waals surface area contributed by atoms with E-state index in [-0.39, 0.29) is 19.0 Å². The highest BCUT2D eigenvalue weighted by Crippen LogP contribution is 2.58.